The largest absolute Gasteiger partial charge is 0.393 e. The van der Waals surface area contributed by atoms with E-state index in [1.54, 1.807) is 0 Å². The molecule has 2 heteroatoms. The number of ether oxygens (including phenoxy) is 1. The molecule has 88 valence electrons. The van der Waals surface area contributed by atoms with Crippen molar-refractivity contribution in [2.45, 2.75) is 32.5 Å². The second-order valence-electron chi connectivity index (χ2n) is 4.14. The van der Waals surface area contributed by atoms with Gasteiger partial charge in [0.25, 0.3) is 0 Å². The van der Waals surface area contributed by atoms with Crippen LogP contribution in [-0.4, -0.2) is 17.8 Å². The fourth-order valence-electron chi connectivity index (χ4n) is 1.49. The van der Waals surface area contributed by atoms with E-state index in [9.17, 15) is 5.11 Å². The molecule has 0 fully saturated rings. The van der Waals surface area contributed by atoms with Crippen LogP contribution in [0.15, 0.2) is 42.5 Å². The van der Waals surface area contributed by atoms with Crippen LogP contribution in [0.3, 0.4) is 0 Å². The lowest BCUT2D eigenvalue weighted by molar-refractivity contribution is 0.0737. The van der Waals surface area contributed by atoms with E-state index in [1.165, 1.54) is 0 Å². The zero-order chi connectivity index (χ0) is 11.8. The minimum absolute atomic E-state index is 0.326. The van der Waals surface area contributed by atoms with E-state index in [2.05, 4.69) is 6.58 Å². The Bertz CT molecular complexity index is 306. The van der Waals surface area contributed by atoms with Crippen molar-refractivity contribution in [3.05, 3.63) is 48.0 Å². The van der Waals surface area contributed by atoms with Gasteiger partial charge in [-0.15, -0.1) is 6.58 Å². The highest BCUT2D eigenvalue weighted by molar-refractivity contribution is 5.13. The zero-order valence-electron chi connectivity index (χ0n) is 9.86. The molecule has 1 N–H and O–H groups in total. The van der Waals surface area contributed by atoms with Gasteiger partial charge in [0.1, 0.15) is 0 Å². The van der Waals surface area contributed by atoms with Crippen LogP contribution >= 0.6 is 0 Å². The van der Waals surface area contributed by atoms with Crippen LogP contribution in [0.25, 0.3) is 0 Å². The summed E-state index contributed by atoms with van der Waals surface area (Å²) in [6, 6.07) is 10.0. The van der Waals surface area contributed by atoms with Gasteiger partial charge in [-0.1, -0.05) is 35.9 Å². The molecule has 1 aromatic carbocycles. The van der Waals surface area contributed by atoms with Crippen LogP contribution in [0.2, 0.25) is 0 Å². The van der Waals surface area contributed by atoms with E-state index in [0.29, 0.717) is 26.1 Å². The van der Waals surface area contributed by atoms with Crippen LogP contribution in [0, 0.1) is 0 Å². The maximum atomic E-state index is 9.58. The number of rotatable bonds is 7. The first kappa shape index (κ1) is 12.9. The monoisotopic (exact) mass is 220 g/mol. The van der Waals surface area contributed by atoms with E-state index in [1.807, 2.05) is 37.3 Å². The highest BCUT2D eigenvalue weighted by Gasteiger charge is 2.03. The molecule has 0 aliphatic rings. The van der Waals surface area contributed by atoms with Gasteiger partial charge in [0.05, 0.1) is 12.7 Å². The van der Waals surface area contributed by atoms with Crippen molar-refractivity contribution in [1.82, 2.24) is 0 Å². The second-order valence-corrected chi connectivity index (χ2v) is 4.14. The molecule has 0 unspecified atom stereocenters. The van der Waals surface area contributed by atoms with Crippen molar-refractivity contribution in [3.8, 4) is 0 Å². The van der Waals surface area contributed by atoms with E-state index >= 15 is 0 Å². The Morgan fingerprint density at radius 2 is 2.06 bits per heavy atom. The number of aliphatic hydroxyl groups is 1. The number of hydrogen-bond donors (Lipinski definition) is 1. The van der Waals surface area contributed by atoms with Gasteiger partial charge in [-0.2, -0.15) is 0 Å². The third-order valence-electron chi connectivity index (χ3n) is 2.29. The van der Waals surface area contributed by atoms with Crippen molar-refractivity contribution in [2.24, 2.45) is 0 Å². The van der Waals surface area contributed by atoms with Gasteiger partial charge in [-0.25, -0.2) is 0 Å². The van der Waals surface area contributed by atoms with Crippen LogP contribution < -0.4 is 0 Å². The molecule has 2 nitrogen and oxygen atoms in total. The predicted octanol–water partition coefficient (Wildman–Crippen LogP) is 2.92. The summed E-state index contributed by atoms with van der Waals surface area (Å²) in [5.41, 5.74) is 2.17. The van der Waals surface area contributed by atoms with Gasteiger partial charge in [0.2, 0.25) is 0 Å². The molecule has 0 radical (unpaired) electrons. The summed E-state index contributed by atoms with van der Waals surface area (Å²) in [5.74, 6) is 0. The van der Waals surface area contributed by atoms with Gasteiger partial charge in [-0.05, 0) is 25.3 Å². The molecule has 16 heavy (non-hydrogen) atoms. The van der Waals surface area contributed by atoms with Crippen LogP contribution in [0.5, 0.6) is 0 Å². The molecule has 0 aliphatic carbocycles. The average molecular weight is 220 g/mol. The zero-order valence-corrected chi connectivity index (χ0v) is 9.86. The minimum atomic E-state index is -0.326. The molecule has 0 saturated heterocycles. The standard InChI is InChI=1S/C14H20O2/c1-12(2)10-14(15)8-9-16-11-13-6-4-3-5-7-13/h3-7,14-15H,1,8-11H2,2H3/t14-/m0/s1. The van der Waals surface area contributed by atoms with Gasteiger partial charge in [-0.3, -0.25) is 0 Å². The van der Waals surface area contributed by atoms with Gasteiger partial charge >= 0.3 is 0 Å². The molecule has 1 rings (SSSR count). The van der Waals surface area contributed by atoms with E-state index in [-0.39, 0.29) is 6.10 Å². The molecule has 0 saturated carbocycles. The first-order chi connectivity index (χ1) is 7.68. The summed E-state index contributed by atoms with van der Waals surface area (Å²) in [6.45, 7) is 6.89. The lowest BCUT2D eigenvalue weighted by Gasteiger charge is -2.10. The van der Waals surface area contributed by atoms with Gasteiger partial charge < -0.3 is 9.84 Å². The lowest BCUT2D eigenvalue weighted by Crippen LogP contribution is -2.10. The molecule has 0 heterocycles. The summed E-state index contributed by atoms with van der Waals surface area (Å²) in [7, 11) is 0. The highest BCUT2D eigenvalue weighted by Crippen LogP contribution is 2.06. The topological polar surface area (TPSA) is 29.5 Å². The van der Waals surface area contributed by atoms with Crippen LogP contribution in [0.4, 0.5) is 0 Å². The summed E-state index contributed by atoms with van der Waals surface area (Å²) < 4.78 is 5.48. The predicted molar refractivity (Wildman–Crippen MR) is 66.2 cm³/mol. The SMILES string of the molecule is C=C(C)C[C@@H](O)CCOCc1ccccc1. The van der Waals surface area contributed by atoms with E-state index in [4.69, 9.17) is 4.74 Å². The Morgan fingerprint density at radius 1 is 1.38 bits per heavy atom. The summed E-state index contributed by atoms with van der Waals surface area (Å²) in [4.78, 5) is 0. The number of hydrogen-bond acceptors (Lipinski definition) is 2. The molecule has 1 aromatic rings. The van der Waals surface area contributed by atoms with Crippen molar-refractivity contribution < 1.29 is 9.84 Å². The third kappa shape index (κ3) is 5.69. The Kier molecular flexibility index (Phi) is 5.83. The van der Waals surface area contributed by atoms with Crippen LogP contribution in [0.1, 0.15) is 25.3 Å². The molecule has 0 spiro atoms. The quantitative estimate of drug-likeness (QED) is 0.565. The lowest BCUT2D eigenvalue weighted by atomic mass is 10.1. The first-order valence-electron chi connectivity index (χ1n) is 5.62. The fraction of sp³-hybridized carbons (Fsp3) is 0.429. The Hall–Kier alpha value is -1.12. The second kappa shape index (κ2) is 7.20. The van der Waals surface area contributed by atoms with Crippen LogP contribution in [-0.2, 0) is 11.3 Å². The molecule has 1 atom stereocenters. The Balaban J connectivity index is 2.10. The van der Waals surface area contributed by atoms with Gasteiger partial charge in [0.15, 0.2) is 0 Å². The van der Waals surface area contributed by atoms with Gasteiger partial charge in [0, 0.05) is 6.61 Å². The van der Waals surface area contributed by atoms with Crippen molar-refractivity contribution >= 4 is 0 Å². The van der Waals surface area contributed by atoms with Crippen molar-refractivity contribution in [3.63, 3.8) is 0 Å². The molecule has 0 bridgehead atoms. The third-order valence-corrected chi connectivity index (χ3v) is 2.29. The normalized spacial score (nSPS) is 12.4. The maximum Gasteiger partial charge on any atom is 0.0716 e. The fourth-order valence-corrected chi connectivity index (χ4v) is 1.49. The van der Waals surface area contributed by atoms with Crippen molar-refractivity contribution in [1.29, 1.82) is 0 Å². The maximum absolute atomic E-state index is 9.58. The molecule has 0 aromatic heterocycles. The number of benzene rings is 1. The van der Waals surface area contributed by atoms with Crippen molar-refractivity contribution in [2.75, 3.05) is 6.61 Å². The summed E-state index contributed by atoms with van der Waals surface area (Å²) in [6.07, 6.45) is 1.00. The molecule has 0 amide bonds. The Morgan fingerprint density at radius 3 is 2.69 bits per heavy atom. The first-order valence-corrected chi connectivity index (χ1v) is 5.62. The molecular weight excluding hydrogens is 200 g/mol. The van der Waals surface area contributed by atoms with E-state index < -0.39 is 0 Å². The summed E-state index contributed by atoms with van der Waals surface area (Å²) >= 11 is 0. The molecule has 0 aliphatic heterocycles. The number of aliphatic hydroxyl groups excluding tert-OH is 1. The smallest absolute Gasteiger partial charge is 0.0716 e. The van der Waals surface area contributed by atoms with E-state index in [0.717, 1.165) is 11.1 Å². The summed E-state index contributed by atoms with van der Waals surface area (Å²) in [5, 5.41) is 9.58. The Labute approximate surface area is 97.6 Å². The highest BCUT2D eigenvalue weighted by atomic mass is 16.5. The minimum Gasteiger partial charge on any atom is -0.393 e. The molecular formula is C14H20O2. The average Bonchev–Trinajstić information content (AvgIpc) is 2.25.